The monoisotopic (exact) mass is 286 g/mol. The van der Waals surface area contributed by atoms with E-state index in [9.17, 15) is 8.78 Å². The third-order valence-electron chi connectivity index (χ3n) is 4.10. The second kappa shape index (κ2) is 8.38. The van der Waals surface area contributed by atoms with E-state index in [0.717, 1.165) is 38.5 Å². The number of hydrogen-bond donors (Lipinski definition) is 0. The van der Waals surface area contributed by atoms with Gasteiger partial charge in [-0.2, -0.15) is 13.8 Å². The third-order valence-corrected chi connectivity index (χ3v) is 4.10. The van der Waals surface area contributed by atoms with E-state index in [1.807, 2.05) is 6.92 Å². The lowest BCUT2D eigenvalue weighted by Crippen LogP contribution is -2.31. The van der Waals surface area contributed by atoms with E-state index in [2.05, 4.69) is 18.8 Å². The number of hydrogen-bond acceptors (Lipinski definition) is 1. The zero-order valence-corrected chi connectivity index (χ0v) is 13.1. The molecule has 1 aromatic heterocycles. The summed E-state index contributed by atoms with van der Waals surface area (Å²) in [5.74, 6) is -0.726. The quantitative estimate of drug-likeness (QED) is 0.525. The van der Waals surface area contributed by atoms with E-state index in [4.69, 9.17) is 0 Å². The van der Waals surface area contributed by atoms with Gasteiger partial charge in [-0.05, 0) is 19.8 Å². The third kappa shape index (κ3) is 4.88. The Balaban J connectivity index is 2.68. The van der Waals surface area contributed by atoms with Crippen LogP contribution in [0.3, 0.4) is 0 Å². The molecule has 1 heterocycles. The lowest BCUT2D eigenvalue weighted by molar-refractivity contribution is 0.221. The first-order chi connectivity index (χ1) is 9.53. The standard InChI is InChI=1S/C16H28F2N2/c1-4-6-8-9-10-12-16(3,11-7-5-2)20-13-14(17)19-15(20)18/h13H,4-12H2,1-3H3. The molecule has 0 spiro atoms. The average molecular weight is 286 g/mol. The lowest BCUT2D eigenvalue weighted by Gasteiger charge is -2.31. The molecule has 1 atom stereocenters. The first-order valence-corrected chi connectivity index (χ1v) is 7.94. The Kier molecular flexibility index (Phi) is 7.17. The average Bonchev–Trinajstić information content (AvgIpc) is 2.76. The molecule has 0 aliphatic heterocycles. The van der Waals surface area contributed by atoms with E-state index >= 15 is 0 Å². The highest BCUT2D eigenvalue weighted by atomic mass is 19.1. The van der Waals surface area contributed by atoms with Crippen molar-refractivity contribution >= 4 is 0 Å². The summed E-state index contributed by atoms with van der Waals surface area (Å²) in [6, 6.07) is 0. The van der Waals surface area contributed by atoms with Gasteiger partial charge in [0, 0.05) is 5.54 Å². The van der Waals surface area contributed by atoms with Gasteiger partial charge in [0.15, 0.2) is 0 Å². The zero-order chi connectivity index (χ0) is 15.0. The second-order valence-electron chi connectivity index (χ2n) is 5.97. The fourth-order valence-electron chi connectivity index (χ4n) is 2.74. The van der Waals surface area contributed by atoms with Crippen molar-refractivity contribution < 1.29 is 8.78 Å². The van der Waals surface area contributed by atoms with E-state index in [1.54, 1.807) is 0 Å². The van der Waals surface area contributed by atoms with Crippen molar-refractivity contribution in [3.8, 4) is 0 Å². The molecule has 0 aliphatic rings. The Morgan fingerprint density at radius 2 is 1.60 bits per heavy atom. The number of aromatic nitrogens is 2. The molecule has 1 aromatic rings. The molecule has 0 saturated carbocycles. The molecule has 0 aromatic carbocycles. The van der Waals surface area contributed by atoms with Crippen molar-refractivity contribution in [1.29, 1.82) is 0 Å². The molecule has 4 heteroatoms. The molecule has 0 fully saturated rings. The Hall–Kier alpha value is -0.930. The molecule has 0 amide bonds. The second-order valence-corrected chi connectivity index (χ2v) is 5.97. The van der Waals surface area contributed by atoms with Crippen LogP contribution < -0.4 is 0 Å². The maximum Gasteiger partial charge on any atom is 0.292 e. The first-order valence-electron chi connectivity index (χ1n) is 7.94. The molecule has 0 radical (unpaired) electrons. The normalized spacial score (nSPS) is 14.4. The van der Waals surface area contributed by atoms with Crippen molar-refractivity contribution in [1.82, 2.24) is 9.55 Å². The van der Waals surface area contributed by atoms with Gasteiger partial charge in [0.1, 0.15) is 0 Å². The molecule has 0 saturated heterocycles. The minimum atomic E-state index is -0.726. The summed E-state index contributed by atoms with van der Waals surface area (Å²) >= 11 is 0. The first kappa shape index (κ1) is 17.1. The van der Waals surface area contributed by atoms with Gasteiger partial charge >= 0.3 is 0 Å². The topological polar surface area (TPSA) is 17.8 Å². The van der Waals surface area contributed by atoms with Gasteiger partial charge in [-0.1, -0.05) is 58.8 Å². The van der Waals surface area contributed by atoms with Crippen LogP contribution in [0.15, 0.2) is 6.20 Å². The van der Waals surface area contributed by atoms with Crippen LogP contribution >= 0.6 is 0 Å². The molecule has 20 heavy (non-hydrogen) atoms. The minimum Gasteiger partial charge on any atom is -0.299 e. The summed E-state index contributed by atoms with van der Waals surface area (Å²) in [4.78, 5) is 3.27. The zero-order valence-electron chi connectivity index (χ0n) is 13.1. The number of imidazole rings is 1. The predicted molar refractivity (Wildman–Crippen MR) is 78.7 cm³/mol. The van der Waals surface area contributed by atoms with Crippen LogP contribution in [-0.2, 0) is 5.54 Å². The van der Waals surface area contributed by atoms with Crippen LogP contribution in [0.2, 0.25) is 0 Å². The maximum atomic E-state index is 13.8. The van der Waals surface area contributed by atoms with E-state index in [-0.39, 0.29) is 5.54 Å². The summed E-state index contributed by atoms with van der Waals surface area (Å²) in [5.41, 5.74) is -0.357. The molecule has 1 rings (SSSR count). The highest BCUT2D eigenvalue weighted by Gasteiger charge is 2.28. The van der Waals surface area contributed by atoms with Crippen LogP contribution in [0, 0.1) is 12.0 Å². The summed E-state index contributed by atoms with van der Waals surface area (Å²) in [5, 5.41) is 0. The fraction of sp³-hybridized carbons (Fsp3) is 0.812. The molecular weight excluding hydrogens is 258 g/mol. The highest BCUT2D eigenvalue weighted by Crippen LogP contribution is 2.31. The number of halogens is 2. The summed E-state index contributed by atoms with van der Waals surface area (Å²) in [6.45, 7) is 6.33. The largest absolute Gasteiger partial charge is 0.299 e. The van der Waals surface area contributed by atoms with Crippen molar-refractivity contribution in [2.75, 3.05) is 0 Å². The van der Waals surface area contributed by atoms with Crippen LogP contribution in [0.25, 0.3) is 0 Å². The SMILES string of the molecule is CCCCCCCC(C)(CCCC)n1cc(F)nc1F. The van der Waals surface area contributed by atoms with E-state index < -0.39 is 12.0 Å². The van der Waals surface area contributed by atoms with Crippen LogP contribution in [0.5, 0.6) is 0 Å². The van der Waals surface area contributed by atoms with Gasteiger partial charge < -0.3 is 0 Å². The lowest BCUT2D eigenvalue weighted by atomic mass is 9.88. The van der Waals surface area contributed by atoms with Gasteiger partial charge in [0.05, 0.1) is 6.20 Å². The van der Waals surface area contributed by atoms with Crippen molar-refractivity contribution in [2.24, 2.45) is 0 Å². The summed E-state index contributed by atoms with van der Waals surface area (Å²) < 4.78 is 28.3. The highest BCUT2D eigenvalue weighted by molar-refractivity contribution is 4.92. The van der Waals surface area contributed by atoms with Crippen molar-refractivity contribution in [3.63, 3.8) is 0 Å². The number of nitrogens with zero attached hydrogens (tertiary/aromatic N) is 2. The van der Waals surface area contributed by atoms with Crippen molar-refractivity contribution in [2.45, 2.75) is 84.1 Å². The Morgan fingerprint density at radius 3 is 2.15 bits per heavy atom. The molecule has 2 nitrogen and oxygen atoms in total. The smallest absolute Gasteiger partial charge is 0.292 e. The van der Waals surface area contributed by atoms with E-state index in [1.165, 1.54) is 30.0 Å². The Bertz CT molecular complexity index is 390. The molecule has 0 bridgehead atoms. The van der Waals surface area contributed by atoms with Crippen LogP contribution in [0.1, 0.15) is 78.6 Å². The molecule has 1 unspecified atom stereocenters. The number of rotatable bonds is 10. The Morgan fingerprint density at radius 1 is 1.00 bits per heavy atom. The molecule has 0 N–H and O–H groups in total. The van der Waals surface area contributed by atoms with Gasteiger partial charge in [-0.25, -0.2) is 0 Å². The van der Waals surface area contributed by atoms with Gasteiger partial charge in [0.2, 0.25) is 5.95 Å². The van der Waals surface area contributed by atoms with Crippen LogP contribution in [0.4, 0.5) is 8.78 Å². The maximum absolute atomic E-state index is 13.8. The molecule has 116 valence electrons. The Labute approximate surface area is 121 Å². The summed E-state index contributed by atoms with van der Waals surface area (Å²) in [7, 11) is 0. The minimum absolute atomic E-state index is 0.357. The predicted octanol–water partition coefficient (Wildman–Crippen LogP) is 5.43. The van der Waals surface area contributed by atoms with Gasteiger partial charge in [0.25, 0.3) is 6.08 Å². The van der Waals surface area contributed by atoms with Crippen LogP contribution in [-0.4, -0.2) is 9.55 Å². The van der Waals surface area contributed by atoms with Gasteiger partial charge in [-0.3, -0.25) is 4.57 Å². The summed E-state index contributed by atoms with van der Waals surface area (Å²) in [6.07, 6.45) is 10.2. The molecular formula is C16H28F2N2. The fourth-order valence-corrected chi connectivity index (χ4v) is 2.74. The number of unbranched alkanes of at least 4 members (excludes halogenated alkanes) is 5. The molecule has 0 aliphatic carbocycles. The van der Waals surface area contributed by atoms with Crippen molar-refractivity contribution in [3.05, 3.63) is 18.2 Å². The van der Waals surface area contributed by atoms with Gasteiger partial charge in [-0.15, -0.1) is 0 Å². The van der Waals surface area contributed by atoms with E-state index in [0.29, 0.717) is 0 Å².